The lowest BCUT2D eigenvalue weighted by Gasteiger charge is -2.23. The van der Waals surface area contributed by atoms with Crippen LogP contribution in [0.4, 0.5) is 0 Å². The van der Waals surface area contributed by atoms with Crippen molar-refractivity contribution in [2.45, 2.75) is 33.2 Å². The van der Waals surface area contributed by atoms with Crippen LogP contribution in [0, 0.1) is 0 Å². The van der Waals surface area contributed by atoms with Crippen LogP contribution in [0.2, 0.25) is 0 Å². The third kappa shape index (κ3) is 4.63. The number of ether oxygens (including phenoxy) is 3. The molecule has 19 heavy (non-hydrogen) atoms. The molecule has 0 unspecified atom stereocenters. The number of halogens is 1. The smallest absolute Gasteiger partial charge is 0.334 e. The van der Waals surface area contributed by atoms with Crippen molar-refractivity contribution < 1.29 is 52.4 Å². The van der Waals surface area contributed by atoms with Crippen molar-refractivity contribution in [3.8, 4) is 0 Å². The van der Waals surface area contributed by atoms with Gasteiger partial charge in [0.15, 0.2) is 19.8 Å². The van der Waals surface area contributed by atoms with E-state index in [-0.39, 0.29) is 49.1 Å². The minimum Gasteiger partial charge on any atom is -1.00 e. The van der Waals surface area contributed by atoms with Gasteiger partial charge in [-0.2, -0.15) is 4.58 Å². The highest BCUT2D eigenvalue weighted by Crippen LogP contribution is 2.20. The highest BCUT2D eigenvalue weighted by molar-refractivity contribution is 5.69. The largest absolute Gasteiger partial charge is 1.00 e. The standard InChI is InChI=1S/C12H20NO5.HI/c1-5-13-9(2)16-6-12(13,7-17-10(3)14)8-18-11(4)15;/h5-8H2,1-4H3;1H/q+1;/p-1. The Balaban J connectivity index is 0.00000324. The Kier molecular flexibility index (Phi) is 7.32. The van der Waals surface area contributed by atoms with Crippen LogP contribution in [-0.2, 0) is 23.8 Å². The highest BCUT2D eigenvalue weighted by Gasteiger charge is 2.50. The van der Waals surface area contributed by atoms with Crippen LogP contribution in [0.5, 0.6) is 0 Å². The van der Waals surface area contributed by atoms with Gasteiger partial charge in [-0.1, -0.05) is 0 Å². The van der Waals surface area contributed by atoms with Crippen LogP contribution in [0.15, 0.2) is 0 Å². The van der Waals surface area contributed by atoms with Crippen LogP contribution in [0.25, 0.3) is 0 Å². The molecule has 0 aliphatic carbocycles. The first-order valence-corrected chi connectivity index (χ1v) is 5.92. The molecule has 1 rings (SSSR count). The monoisotopic (exact) mass is 385 g/mol. The average molecular weight is 385 g/mol. The lowest BCUT2D eigenvalue weighted by atomic mass is 10.0. The second-order valence-corrected chi connectivity index (χ2v) is 4.34. The Hall–Kier alpha value is -0.860. The van der Waals surface area contributed by atoms with E-state index in [4.69, 9.17) is 14.2 Å². The van der Waals surface area contributed by atoms with Crippen molar-refractivity contribution in [2.75, 3.05) is 26.4 Å². The molecule has 7 heteroatoms. The van der Waals surface area contributed by atoms with Crippen molar-refractivity contribution in [3.05, 3.63) is 0 Å². The van der Waals surface area contributed by atoms with Gasteiger partial charge in [-0.15, -0.1) is 0 Å². The number of likely N-dealkylation sites (N-methyl/N-ethyl adjacent to an activating group) is 1. The predicted molar refractivity (Wildman–Crippen MR) is 63.4 cm³/mol. The van der Waals surface area contributed by atoms with Crippen LogP contribution in [-0.4, -0.2) is 54.3 Å². The first-order chi connectivity index (χ1) is 8.41. The predicted octanol–water partition coefficient (Wildman–Crippen LogP) is -2.66. The number of nitrogens with zero attached hydrogens (tertiary/aromatic N) is 1. The zero-order valence-corrected chi connectivity index (χ0v) is 13.9. The second kappa shape index (κ2) is 7.66. The molecule has 110 valence electrons. The van der Waals surface area contributed by atoms with E-state index >= 15 is 0 Å². The summed E-state index contributed by atoms with van der Waals surface area (Å²) in [7, 11) is 0. The fourth-order valence-electron chi connectivity index (χ4n) is 2.04. The van der Waals surface area contributed by atoms with Crippen LogP contribution in [0.3, 0.4) is 0 Å². The number of hydrogen-bond donors (Lipinski definition) is 0. The summed E-state index contributed by atoms with van der Waals surface area (Å²) < 4.78 is 17.6. The first-order valence-electron chi connectivity index (χ1n) is 5.92. The molecule has 6 nitrogen and oxygen atoms in total. The molecule has 0 aromatic heterocycles. The summed E-state index contributed by atoms with van der Waals surface area (Å²) in [6.45, 7) is 7.81. The first kappa shape index (κ1) is 18.1. The zero-order valence-electron chi connectivity index (χ0n) is 11.7. The van der Waals surface area contributed by atoms with Crippen molar-refractivity contribution in [3.63, 3.8) is 0 Å². The summed E-state index contributed by atoms with van der Waals surface area (Å²) in [6.07, 6.45) is 0. The van der Waals surface area contributed by atoms with E-state index in [0.29, 0.717) is 13.2 Å². The summed E-state index contributed by atoms with van der Waals surface area (Å²) in [4.78, 5) is 21.9. The normalized spacial score (nSPS) is 16.4. The SMILES string of the molecule is CC[N+]1=C(C)OCC1(COC(C)=O)COC(C)=O.[I-]. The van der Waals surface area contributed by atoms with Crippen molar-refractivity contribution in [1.82, 2.24) is 0 Å². The summed E-state index contributed by atoms with van der Waals surface area (Å²) in [6, 6.07) is 0. The minimum atomic E-state index is -0.615. The molecule has 1 aliphatic rings. The van der Waals surface area contributed by atoms with Gasteiger partial charge in [0.25, 0.3) is 5.54 Å². The van der Waals surface area contributed by atoms with Crippen LogP contribution < -0.4 is 24.0 Å². The molecule has 0 aromatic rings. The molecule has 0 N–H and O–H groups in total. The third-order valence-corrected chi connectivity index (χ3v) is 2.91. The topological polar surface area (TPSA) is 64.8 Å². The summed E-state index contributed by atoms with van der Waals surface area (Å²) in [5, 5.41) is 0. The number of hydrogen-bond acceptors (Lipinski definition) is 5. The zero-order chi connectivity index (χ0) is 13.8. The molecule has 0 bridgehead atoms. The Labute approximate surface area is 130 Å². The Bertz CT molecular complexity index is 362. The van der Waals surface area contributed by atoms with E-state index in [9.17, 15) is 9.59 Å². The molecule has 1 aliphatic heterocycles. The van der Waals surface area contributed by atoms with E-state index in [2.05, 4.69) is 0 Å². The van der Waals surface area contributed by atoms with Gasteiger partial charge < -0.3 is 38.2 Å². The molecule has 0 aromatic carbocycles. The molecule has 0 saturated carbocycles. The van der Waals surface area contributed by atoms with Gasteiger partial charge in [0.05, 0.1) is 6.92 Å². The quantitative estimate of drug-likeness (QED) is 0.294. The molecule has 0 radical (unpaired) electrons. The third-order valence-electron chi connectivity index (χ3n) is 2.91. The van der Waals surface area contributed by atoms with Gasteiger partial charge >= 0.3 is 17.8 Å². The van der Waals surface area contributed by atoms with Gasteiger partial charge in [0, 0.05) is 13.8 Å². The minimum absolute atomic E-state index is 0. The van der Waals surface area contributed by atoms with E-state index in [1.807, 2.05) is 18.4 Å². The molecule has 0 atom stereocenters. The van der Waals surface area contributed by atoms with Gasteiger partial charge in [-0.05, 0) is 6.92 Å². The van der Waals surface area contributed by atoms with E-state index in [0.717, 1.165) is 5.90 Å². The Morgan fingerprint density at radius 2 is 1.74 bits per heavy atom. The number of carbonyl (C=O) groups excluding carboxylic acids is 2. The molecule has 0 saturated heterocycles. The maximum Gasteiger partial charge on any atom is 0.334 e. The second-order valence-electron chi connectivity index (χ2n) is 4.34. The summed E-state index contributed by atoms with van der Waals surface area (Å²) in [5.74, 6) is 0.0208. The number of rotatable bonds is 5. The van der Waals surface area contributed by atoms with Crippen molar-refractivity contribution in [2.24, 2.45) is 0 Å². The van der Waals surface area contributed by atoms with Gasteiger partial charge in [0.2, 0.25) is 0 Å². The van der Waals surface area contributed by atoms with E-state index < -0.39 is 5.54 Å². The van der Waals surface area contributed by atoms with Gasteiger partial charge in [-0.3, -0.25) is 9.59 Å². The van der Waals surface area contributed by atoms with Crippen molar-refractivity contribution >= 4 is 17.8 Å². The van der Waals surface area contributed by atoms with Crippen LogP contribution in [0.1, 0.15) is 27.7 Å². The summed E-state index contributed by atoms with van der Waals surface area (Å²) >= 11 is 0. The van der Waals surface area contributed by atoms with Gasteiger partial charge in [0.1, 0.15) is 6.54 Å². The average Bonchev–Trinajstić information content (AvgIpc) is 2.61. The lowest BCUT2D eigenvalue weighted by Crippen LogP contribution is -3.00. The Morgan fingerprint density at radius 1 is 1.26 bits per heavy atom. The number of carbonyl (C=O) groups is 2. The van der Waals surface area contributed by atoms with E-state index in [1.54, 1.807) is 0 Å². The molecular weight excluding hydrogens is 365 g/mol. The fraction of sp³-hybridized carbons (Fsp3) is 0.750. The molecule has 0 fully saturated rings. The highest BCUT2D eigenvalue weighted by atomic mass is 127. The fourth-order valence-corrected chi connectivity index (χ4v) is 2.04. The molecule has 0 amide bonds. The molecule has 1 heterocycles. The Morgan fingerprint density at radius 3 is 2.11 bits per heavy atom. The molecule has 0 spiro atoms. The maximum absolute atomic E-state index is 11.0. The van der Waals surface area contributed by atoms with Crippen LogP contribution >= 0.6 is 0 Å². The van der Waals surface area contributed by atoms with Gasteiger partial charge in [-0.25, -0.2) is 0 Å². The maximum atomic E-state index is 11.0. The van der Waals surface area contributed by atoms with E-state index in [1.165, 1.54) is 13.8 Å². The number of esters is 2. The van der Waals surface area contributed by atoms with Crippen molar-refractivity contribution in [1.29, 1.82) is 0 Å². The lowest BCUT2D eigenvalue weighted by molar-refractivity contribution is -0.601. The summed E-state index contributed by atoms with van der Waals surface area (Å²) in [5.41, 5.74) is -0.615. The molecular formula is C12H20INO5.